The lowest BCUT2D eigenvalue weighted by molar-refractivity contribution is 0.628. The molecule has 2 nitrogen and oxygen atoms in total. The SMILES string of the molecule is Cc1ccc(C)c(-c2cn(C)cc(-c3cccc(F)c3)c2=O)c1. The molecule has 0 fully saturated rings. The first kappa shape index (κ1) is 15.2. The Morgan fingerprint density at radius 3 is 2.39 bits per heavy atom. The van der Waals surface area contributed by atoms with Crippen LogP contribution >= 0.6 is 0 Å². The monoisotopic (exact) mass is 307 g/mol. The molecule has 3 aromatic rings. The molecule has 0 saturated heterocycles. The van der Waals surface area contributed by atoms with Crippen molar-refractivity contribution in [1.29, 1.82) is 0 Å². The minimum Gasteiger partial charge on any atom is -0.356 e. The van der Waals surface area contributed by atoms with E-state index in [2.05, 4.69) is 0 Å². The Morgan fingerprint density at radius 2 is 1.65 bits per heavy atom. The summed E-state index contributed by atoms with van der Waals surface area (Å²) in [5.74, 6) is -0.346. The van der Waals surface area contributed by atoms with Crippen LogP contribution in [0.5, 0.6) is 0 Å². The fraction of sp³-hybridized carbons (Fsp3) is 0.150. The number of pyridine rings is 1. The van der Waals surface area contributed by atoms with Crippen molar-refractivity contribution in [1.82, 2.24) is 4.57 Å². The van der Waals surface area contributed by atoms with Crippen molar-refractivity contribution in [3.8, 4) is 22.3 Å². The molecule has 116 valence electrons. The minimum atomic E-state index is -0.346. The van der Waals surface area contributed by atoms with Crippen LogP contribution < -0.4 is 5.43 Å². The first-order valence-corrected chi connectivity index (χ1v) is 7.49. The zero-order valence-corrected chi connectivity index (χ0v) is 13.4. The third-order valence-corrected chi connectivity index (χ3v) is 3.97. The Kier molecular flexibility index (Phi) is 3.87. The molecule has 2 aromatic carbocycles. The van der Waals surface area contributed by atoms with Gasteiger partial charge in [-0.2, -0.15) is 0 Å². The second-order valence-corrected chi connectivity index (χ2v) is 5.91. The Hall–Kier alpha value is -2.68. The van der Waals surface area contributed by atoms with Crippen molar-refractivity contribution in [2.24, 2.45) is 7.05 Å². The van der Waals surface area contributed by atoms with Crippen LogP contribution in [0.15, 0.2) is 59.7 Å². The van der Waals surface area contributed by atoms with Gasteiger partial charge < -0.3 is 4.57 Å². The molecule has 3 rings (SSSR count). The van der Waals surface area contributed by atoms with Gasteiger partial charge in [0.2, 0.25) is 0 Å². The highest BCUT2D eigenvalue weighted by atomic mass is 19.1. The molecule has 0 unspecified atom stereocenters. The van der Waals surface area contributed by atoms with Gasteiger partial charge in [0.1, 0.15) is 5.82 Å². The molecular formula is C20H18FNO. The van der Waals surface area contributed by atoms with Crippen LogP contribution in [-0.4, -0.2) is 4.57 Å². The number of aryl methyl sites for hydroxylation is 3. The van der Waals surface area contributed by atoms with Crippen molar-refractivity contribution >= 4 is 0 Å². The molecule has 1 aromatic heterocycles. The summed E-state index contributed by atoms with van der Waals surface area (Å²) in [7, 11) is 1.87. The van der Waals surface area contributed by atoms with Crippen LogP contribution in [0.4, 0.5) is 4.39 Å². The number of rotatable bonds is 2. The Labute approximate surface area is 134 Å². The summed E-state index contributed by atoms with van der Waals surface area (Å²) in [5, 5.41) is 0. The Balaban J connectivity index is 2.28. The van der Waals surface area contributed by atoms with Gasteiger partial charge in [0, 0.05) is 30.6 Å². The second-order valence-electron chi connectivity index (χ2n) is 5.91. The zero-order chi connectivity index (χ0) is 16.6. The first-order chi connectivity index (χ1) is 11.0. The maximum Gasteiger partial charge on any atom is 0.197 e. The zero-order valence-electron chi connectivity index (χ0n) is 13.4. The molecule has 0 N–H and O–H groups in total. The predicted octanol–water partition coefficient (Wildman–Crippen LogP) is 4.48. The average molecular weight is 307 g/mol. The Morgan fingerprint density at radius 1 is 0.913 bits per heavy atom. The third-order valence-electron chi connectivity index (χ3n) is 3.97. The fourth-order valence-electron chi connectivity index (χ4n) is 2.79. The van der Waals surface area contributed by atoms with Crippen LogP contribution in [-0.2, 0) is 7.05 Å². The smallest absolute Gasteiger partial charge is 0.197 e. The summed E-state index contributed by atoms with van der Waals surface area (Å²) in [6.07, 6.45) is 3.57. The van der Waals surface area contributed by atoms with Crippen LogP contribution in [0.25, 0.3) is 22.3 Å². The summed E-state index contributed by atoms with van der Waals surface area (Å²) in [6, 6.07) is 12.2. The molecule has 0 radical (unpaired) electrons. The molecule has 0 aliphatic rings. The van der Waals surface area contributed by atoms with Crippen molar-refractivity contribution in [2.45, 2.75) is 13.8 Å². The lowest BCUT2D eigenvalue weighted by Crippen LogP contribution is -2.12. The summed E-state index contributed by atoms with van der Waals surface area (Å²) in [6.45, 7) is 3.99. The quantitative estimate of drug-likeness (QED) is 0.684. The van der Waals surface area contributed by atoms with Crippen LogP contribution in [0.3, 0.4) is 0 Å². The van der Waals surface area contributed by atoms with E-state index in [0.717, 1.165) is 16.7 Å². The summed E-state index contributed by atoms with van der Waals surface area (Å²) < 4.78 is 15.4. The van der Waals surface area contributed by atoms with E-state index in [1.165, 1.54) is 12.1 Å². The number of nitrogens with zero attached hydrogens (tertiary/aromatic N) is 1. The van der Waals surface area contributed by atoms with Crippen molar-refractivity contribution in [3.63, 3.8) is 0 Å². The van der Waals surface area contributed by atoms with Gasteiger partial charge in [-0.3, -0.25) is 4.79 Å². The van der Waals surface area contributed by atoms with Gasteiger partial charge in [-0.1, -0.05) is 35.9 Å². The van der Waals surface area contributed by atoms with Crippen molar-refractivity contribution < 1.29 is 4.39 Å². The molecule has 1 heterocycles. The molecule has 0 bridgehead atoms. The van der Waals surface area contributed by atoms with E-state index in [4.69, 9.17) is 0 Å². The van der Waals surface area contributed by atoms with Crippen molar-refractivity contribution in [3.05, 3.63) is 82.0 Å². The molecule has 3 heteroatoms. The van der Waals surface area contributed by atoms with E-state index in [1.807, 2.05) is 49.9 Å². The largest absolute Gasteiger partial charge is 0.356 e. The van der Waals surface area contributed by atoms with E-state index in [9.17, 15) is 9.18 Å². The lowest BCUT2D eigenvalue weighted by Gasteiger charge is -2.11. The number of aromatic nitrogens is 1. The topological polar surface area (TPSA) is 22.0 Å². The van der Waals surface area contributed by atoms with Gasteiger partial charge in [0.15, 0.2) is 5.43 Å². The maximum atomic E-state index is 13.5. The maximum absolute atomic E-state index is 13.5. The van der Waals surface area contributed by atoms with E-state index < -0.39 is 0 Å². The van der Waals surface area contributed by atoms with E-state index in [-0.39, 0.29) is 11.2 Å². The lowest BCUT2D eigenvalue weighted by atomic mass is 9.96. The predicted molar refractivity (Wildman–Crippen MR) is 92.0 cm³/mol. The fourth-order valence-corrected chi connectivity index (χ4v) is 2.79. The molecule has 0 atom stereocenters. The highest BCUT2D eigenvalue weighted by molar-refractivity contribution is 5.73. The standard InChI is InChI=1S/C20H18FNO/c1-13-7-8-14(2)17(9-13)19-12-22(3)11-18(20(19)23)15-5-4-6-16(21)10-15/h4-12H,1-3H3. The van der Waals surface area contributed by atoms with E-state index in [1.54, 1.807) is 18.3 Å². The van der Waals surface area contributed by atoms with Crippen LogP contribution in [0.1, 0.15) is 11.1 Å². The highest BCUT2D eigenvalue weighted by Crippen LogP contribution is 2.25. The third kappa shape index (κ3) is 2.95. The van der Waals surface area contributed by atoms with Gasteiger partial charge in [-0.25, -0.2) is 4.39 Å². The van der Waals surface area contributed by atoms with Gasteiger partial charge in [0.25, 0.3) is 0 Å². The van der Waals surface area contributed by atoms with Gasteiger partial charge in [-0.15, -0.1) is 0 Å². The minimum absolute atomic E-state index is 0.0811. The average Bonchev–Trinajstić information content (AvgIpc) is 2.52. The van der Waals surface area contributed by atoms with Gasteiger partial charge >= 0.3 is 0 Å². The molecule has 0 aliphatic heterocycles. The Bertz CT molecular complexity index is 941. The summed E-state index contributed by atoms with van der Waals surface area (Å²) in [5.41, 5.74) is 4.72. The summed E-state index contributed by atoms with van der Waals surface area (Å²) in [4.78, 5) is 13.0. The highest BCUT2D eigenvalue weighted by Gasteiger charge is 2.13. The number of benzene rings is 2. The number of hydrogen-bond donors (Lipinski definition) is 0. The molecule has 23 heavy (non-hydrogen) atoms. The molecule has 0 saturated carbocycles. The molecular weight excluding hydrogens is 289 g/mol. The molecule has 0 amide bonds. The van der Waals surface area contributed by atoms with Gasteiger partial charge in [0.05, 0.1) is 0 Å². The van der Waals surface area contributed by atoms with E-state index in [0.29, 0.717) is 16.7 Å². The van der Waals surface area contributed by atoms with Gasteiger partial charge in [-0.05, 0) is 42.7 Å². The van der Waals surface area contributed by atoms with Crippen LogP contribution in [0.2, 0.25) is 0 Å². The summed E-state index contributed by atoms with van der Waals surface area (Å²) >= 11 is 0. The normalized spacial score (nSPS) is 10.8. The van der Waals surface area contributed by atoms with Crippen LogP contribution in [0, 0.1) is 19.7 Å². The number of hydrogen-bond acceptors (Lipinski definition) is 1. The van der Waals surface area contributed by atoms with Crippen molar-refractivity contribution in [2.75, 3.05) is 0 Å². The second kappa shape index (κ2) is 5.84. The van der Waals surface area contributed by atoms with E-state index >= 15 is 0 Å². The first-order valence-electron chi connectivity index (χ1n) is 7.49. The number of halogens is 1. The molecule has 0 spiro atoms. The molecule has 0 aliphatic carbocycles.